The number of thioether (sulfide) groups is 1. The maximum absolute atomic E-state index is 12.6. The van der Waals surface area contributed by atoms with Gasteiger partial charge in [0, 0.05) is 11.7 Å². The first-order valence-electron chi connectivity index (χ1n) is 6.93. The number of aliphatic carboxylic acids is 1. The van der Waals surface area contributed by atoms with Gasteiger partial charge in [-0.05, 0) is 25.4 Å². The van der Waals surface area contributed by atoms with Crippen molar-refractivity contribution in [3.63, 3.8) is 0 Å². The van der Waals surface area contributed by atoms with Crippen molar-refractivity contribution < 1.29 is 14.7 Å². The summed E-state index contributed by atoms with van der Waals surface area (Å²) in [5.41, 5.74) is 0. The van der Waals surface area contributed by atoms with Crippen LogP contribution in [0.1, 0.15) is 26.7 Å². The van der Waals surface area contributed by atoms with Gasteiger partial charge in [0.1, 0.15) is 6.04 Å². The number of carboxylic acid groups (broad SMARTS) is 1. The van der Waals surface area contributed by atoms with Gasteiger partial charge in [0.05, 0.1) is 5.37 Å². The number of carbonyl (C=O) groups is 2. The number of hydrogen-bond donors (Lipinski definition) is 2. The van der Waals surface area contributed by atoms with Crippen LogP contribution in [0.2, 0.25) is 0 Å². The van der Waals surface area contributed by atoms with Crippen LogP contribution in [0.25, 0.3) is 0 Å². The molecule has 108 valence electrons. The summed E-state index contributed by atoms with van der Waals surface area (Å²) in [6.45, 7) is 5.73. The third kappa shape index (κ3) is 2.89. The van der Waals surface area contributed by atoms with Crippen molar-refractivity contribution in [1.82, 2.24) is 10.2 Å². The Balaban J connectivity index is 2.10. The Morgan fingerprint density at radius 2 is 2.16 bits per heavy atom. The standard InChI is InChI=1S/C13H22N2O3S/c1-3-4-11-15(10(7-19-11)13(17)18)12(16)8(2)9-5-14-6-9/h8-11,14H,3-7H2,1-2H3,(H,17,18). The van der Waals surface area contributed by atoms with Gasteiger partial charge in [-0.1, -0.05) is 20.3 Å². The topological polar surface area (TPSA) is 69.6 Å². The Bertz CT molecular complexity index is 360. The smallest absolute Gasteiger partial charge is 0.327 e. The van der Waals surface area contributed by atoms with Crippen molar-refractivity contribution in [1.29, 1.82) is 0 Å². The lowest BCUT2D eigenvalue weighted by molar-refractivity contribution is -0.152. The van der Waals surface area contributed by atoms with Crippen molar-refractivity contribution in [3.05, 3.63) is 0 Å². The minimum atomic E-state index is -0.876. The Kier molecular flexibility index (Phi) is 4.73. The molecule has 1 amide bonds. The molecule has 0 radical (unpaired) electrons. The van der Waals surface area contributed by atoms with Crippen LogP contribution in [0, 0.1) is 11.8 Å². The van der Waals surface area contributed by atoms with E-state index in [1.807, 2.05) is 6.92 Å². The highest BCUT2D eigenvalue weighted by Crippen LogP contribution is 2.34. The molecule has 2 aliphatic rings. The van der Waals surface area contributed by atoms with E-state index >= 15 is 0 Å². The van der Waals surface area contributed by atoms with Crippen molar-refractivity contribution in [2.45, 2.75) is 38.1 Å². The van der Waals surface area contributed by atoms with Crippen molar-refractivity contribution >= 4 is 23.6 Å². The molecule has 2 saturated heterocycles. The summed E-state index contributed by atoms with van der Waals surface area (Å²) in [5.74, 6) is -0.0711. The lowest BCUT2D eigenvalue weighted by atomic mass is 9.87. The fourth-order valence-corrected chi connectivity index (χ4v) is 4.14. The first-order chi connectivity index (χ1) is 9.06. The minimum Gasteiger partial charge on any atom is -0.480 e. The second-order valence-corrected chi connectivity index (χ2v) is 6.59. The zero-order valence-electron chi connectivity index (χ0n) is 11.5. The highest BCUT2D eigenvalue weighted by Gasteiger charge is 2.44. The predicted octanol–water partition coefficient (Wildman–Crippen LogP) is 0.997. The molecule has 0 bridgehead atoms. The minimum absolute atomic E-state index is 0.0161. The van der Waals surface area contributed by atoms with Gasteiger partial charge < -0.3 is 15.3 Å². The third-order valence-corrected chi connectivity index (χ3v) is 5.43. The third-order valence-electron chi connectivity index (χ3n) is 4.08. The van der Waals surface area contributed by atoms with Crippen LogP contribution < -0.4 is 5.32 Å². The molecular weight excluding hydrogens is 264 g/mol. The highest BCUT2D eigenvalue weighted by atomic mass is 32.2. The molecule has 0 aromatic rings. The summed E-state index contributed by atoms with van der Waals surface area (Å²) in [5, 5.41) is 12.5. The lowest BCUT2D eigenvalue weighted by Gasteiger charge is -2.36. The highest BCUT2D eigenvalue weighted by molar-refractivity contribution is 8.00. The average Bonchev–Trinajstić information content (AvgIpc) is 2.70. The van der Waals surface area contributed by atoms with Crippen LogP contribution in [0.3, 0.4) is 0 Å². The molecule has 3 unspecified atom stereocenters. The second-order valence-electron chi connectivity index (χ2n) is 5.38. The van der Waals surface area contributed by atoms with Gasteiger partial charge in [-0.15, -0.1) is 11.8 Å². The number of hydrogen-bond acceptors (Lipinski definition) is 4. The molecular formula is C13H22N2O3S. The normalized spacial score (nSPS) is 29.1. The molecule has 5 nitrogen and oxygen atoms in total. The van der Waals surface area contributed by atoms with E-state index in [0.29, 0.717) is 11.7 Å². The molecule has 2 N–H and O–H groups in total. The van der Waals surface area contributed by atoms with Crippen LogP contribution in [0.15, 0.2) is 0 Å². The molecule has 2 heterocycles. The molecule has 3 atom stereocenters. The molecule has 2 fully saturated rings. The van der Waals surface area contributed by atoms with Gasteiger partial charge in [0.25, 0.3) is 0 Å². The molecule has 0 spiro atoms. The van der Waals surface area contributed by atoms with Crippen LogP contribution in [-0.4, -0.2) is 52.1 Å². The fraction of sp³-hybridized carbons (Fsp3) is 0.846. The zero-order chi connectivity index (χ0) is 14.0. The summed E-state index contributed by atoms with van der Waals surface area (Å²) >= 11 is 1.60. The van der Waals surface area contributed by atoms with Crippen molar-refractivity contribution in [3.8, 4) is 0 Å². The Morgan fingerprint density at radius 3 is 2.63 bits per heavy atom. The first-order valence-corrected chi connectivity index (χ1v) is 7.98. The number of carboxylic acids is 1. The lowest BCUT2D eigenvalue weighted by Crippen LogP contribution is -2.54. The molecule has 6 heteroatoms. The maximum Gasteiger partial charge on any atom is 0.327 e. The summed E-state index contributed by atoms with van der Waals surface area (Å²) in [7, 11) is 0. The zero-order valence-corrected chi connectivity index (χ0v) is 12.3. The van der Waals surface area contributed by atoms with E-state index in [-0.39, 0.29) is 17.2 Å². The molecule has 0 aliphatic carbocycles. The van der Waals surface area contributed by atoms with E-state index in [0.717, 1.165) is 25.9 Å². The van der Waals surface area contributed by atoms with Gasteiger partial charge in [0.2, 0.25) is 5.91 Å². The average molecular weight is 286 g/mol. The number of amides is 1. The molecule has 0 aromatic carbocycles. The largest absolute Gasteiger partial charge is 0.480 e. The molecule has 19 heavy (non-hydrogen) atoms. The Hall–Kier alpha value is -0.750. The van der Waals surface area contributed by atoms with Crippen molar-refractivity contribution in [2.75, 3.05) is 18.8 Å². The number of nitrogens with zero attached hydrogens (tertiary/aromatic N) is 1. The molecule has 0 aromatic heterocycles. The Labute approximate surface area is 118 Å². The molecule has 2 aliphatic heterocycles. The summed E-state index contributed by atoms with van der Waals surface area (Å²) in [6, 6.07) is -0.649. The van der Waals surface area contributed by atoms with Gasteiger partial charge in [-0.3, -0.25) is 4.79 Å². The van der Waals surface area contributed by atoms with Crippen LogP contribution in [0.5, 0.6) is 0 Å². The number of carbonyl (C=O) groups excluding carboxylic acids is 1. The molecule has 0 saturated carbocycles. The van der Waals surface area contributed by atoms with Crippen LogP contribution in [-0.2, 0) is 9.59 Å². The predicted molar refractivity (Wildman–Crippen MR) is 74.9 cm³/mol. The van der Waals surface area contributed by atoms with Gasteiger partial charge in [0.15, 0.2) is 0 Å². The number of nitrogens with one attached hydrogen (secondary N) is 1. The molecule has 2 rings (SSSR count). The second kappa shape index (κ2) is 6.13. The van der Waals surface area contributed by atoms with E-state index in [4.69, 9.17) is 0 Å². The van der Waals surface area contributed by atoms with Gasteiger partial charge in [-0.25, -0.2) is 4.79 Å². The van der Waals surface area contributed by atoms with E-state index < -0.39 is 12.0 Å². The fourth-order valence-electron chi connectivity index (χ4n) is 2.62. The SMILES string of the molecule is CCCC1SCC(C(=O)O)N1C(=O)C(C)C1CNC1. The summed E-state index contributed by atoms with van der Waals surface area (Å²) < 4.78 is 0. The van der Waals surface area contributed by atoms with E-state index in [9.17, 15) is 14.7 Å². The monoisotopic (exact) mass is 286 g/mol. The van der Waals surface area contributed by atoms with Crippen LogP contribution >= 0.6 is 11.8 Å². The van der Waals surface area contributed by atoms with Gasteiger partial charge >= 0.3 is 5.97 Å². The quantitative estimate of drug-likeness (QED) is 0.789. The van der Waals surface area contributed by atoms with Crippen molar-refractivity contribution in [2.24, 2.45) is 11.8 Å². The maximum atomic E-state index is 12.6. The Morgan fingerprint density at radius 1 is 1.47 bits per heavy atom. The van der Waals surface area contributed by atoms with E-state index in [1.54, 1.807) is 16.7 Å². The number of rotatable bonds is 5. The van der Waals surface area contributed by atoms with Gasteiger partial charge in [-0.2, -0.15) is 0 Å². The van der Waals surface area contributed by atoms with Crippen LogP contribution in [0.4, 0.5) is 0 Å². The van der Waals surface area contributed by atoms with E-state index in [2.05, 4.69) is 12.2 Å². The first kappa shape index (κ1) is 14.7. The summed E-state index contributed by atoms with van der Waals surface area (Å²) in [4.78, 5) is 25.6. The van der Waals surface area contributed by atoms with E-state index in [1.165, 1.54) is 0 Å². The summed E-state index contributed by atoms with van der Waals surface area (Å²) in [6.07, 6.45) is 1.84.